The number of halogens is 11. The van der Waals surface area contributed by atoms with Crippen LogP contribution in [-0.2, 0) is 23.1 Å². The molecule has 55 heavy (non-hydrogen) atoms. The molecule has 1 unspecified atom stereocenters. The second-order valence-corrected chi connectivity index (χ2v) is 14.3. The van der Waals surface area contributed by atoms with Gasteiger partial charge in [-0.2, -0.15) is 49.5 Å². The molecule has 6 nitrogen and oxygen atoms in total. The summed E-state index contributed by atoms with van der Waals surface area (Å²) in [6.45, 7) is 1.01. The third-order valence-electron chi connectivity index (χ3n) is 7.97. The molecule has 0 saturated carbocycles. The number of hydrogen-bond donors (Lipinski definition) is 0. The van der Waals surface area contributed by atoms with E-state index in [0.29, 0.717) is 24.3 Å². The molecule has 0 bridgehead atoms. The van der Waals surface area contributed by atoms with Gasteiger partial charge in [-0.3, -0.25) is 0 Å². The van der Waals surface area contributed by atoms with E-state index in [1.165, 1.54) is 24.3 Å². The van der Waals surface area contributed by atoms with Crippen LogP contribution in [0.4, 0.5) is 48.3 Å². The Balaban J connectivity index is 1.67. The average molecular weight is 796 g/mol. The Morgan fingerprint density at radius 3 is 1.58 bits per heavy atom. The Hall–Kier alpha value is -5.83. The summed E-state index contributed by atoms with van der Waals surface area (Å²) in [5, 5.41) is -4.46. The second-order valence-electron chi connectivity index (χ2n) is 11.6. The number of aromatic nitrogens is 3. The predicted molar refractivity (Wildman–Crippen MR) is 177 cm³/mol. The minimum absolute atomic E-state index is 0.0756. The Bertz CT molecular complexity index is 2360. The smallest absolute Gasteiger partial charge is 0.417 e. The van der Waals surface area contributed by atoms with Crippen LogP contribution >= 0.6 is 7.14 Å². The van der Waals surface area contributed by atoms with Gasteiger partial charge in [-0.25, -0.2) is 8.78 Å². The molecule has 6 rings (SSSR count). The Labute approximate surface area is 303 Å². The van der Waals surface area contributed by atoms with E-state index >= 15 is 13.3 Å². The molecule has 0 aliphatic rings. The summed E-state index contributed by atoms with van der Waals surface area (Å²) >= 11 is 0. The van der Waals surface area contributed by atoms with Gasteiger partial charge in [-0.1, -0.05) is 42.5 Å². The number of ether oxygens (including phenoxy) is 2. The molecule has 6 aromatic rings. The van der Waals surface area contributed by atoms with Crippen molar-refractivity contribution in [1.29, 1.82) is 0 Å². The van der Waals surface area contributed by atoms with E-state index in [9.17, 15) is 39.5 Å². The Morgan fingerprint density at radius 1 is 0.564 bits per heavy atom. The van der Waals surface area contributed by atoms with Crippen LogP contribution in [0, 0.1) is 18.6 Å². The zero-order chi connectivity index (χ0) is 39.9. The first-order valence-corrected chi connectivity index (χ1v) is 17.3. The van der Waals surface area contributed by atoms with Crippen molar-refractivity contribution in [2.75, 3.05) is 0 Å². The first-order chi connectivity index (χ1) is 25.8. The van der Waals surface area contributed by atoms with Crippen molar-refractivity contribution in [2.45, 2.75) is 25.5 Å². The summed E-state index contributed by atoms with van der Waals surface area (Å²) < 4.78 is 187. The Morgan fingerprint density at radius 2 is 1.07 bits per heavy atom. The van der Waals surface area contributed by atoms with Gasteiger partial charge in [-0.05, 0) is 79.2 Å². The molecule has 1 heterocycles. The lowest BCUT2D eigenvalue weighted by Crippen LogP contribution is -2.35. The van der Waals surface area contributed by atoms with E-state index in [1.807, 2.05) is 0 Å². The third kappa shape index (κ3) is 8.02. The van der Waals surface area contributed by atoms with Crippen LogP contribution in [0.2, 0.25) is 0 Å². The van der Waals surface area contributed by atoms with Gasteiger partial charge in [0, 0.05) is 10.6 Å². The summed E-state index contributed by atoms with van der Waals surface area (Å²) in [5.41, 5.74) is -7.03. The largest absolute Gasteiger partial charge is 0.424 e. The molecular formula is C37H21F11N3O3P. The van der Waals surface area contributed by atoms with Gasteiger partial charge < -0.3 is 14.0 Å². The van der Waals surface area contributed by atoms with Gasteiger partial charge in [0.05, 0.1) is 27.6 Å². The third-order valence-corrected chi connectivity index (χ3v) is 11.2. The number of benzene rings is 5. The fraction of sp³-hybridized carbons (Fsp3) is 0.108. The minimum atomic E-state index is -5.94. The molecule has 0 radical (unpaired) electrons. The van der Waals surface area contributed by atoms with E-state index in [1.54, 1.807) is 36.4 Å². The molecule has 284 valence electrons. The van der Waals surface area contributed by atoms with Gasteiger partial charge in [0.1, 0.15) is 23.1 Å². The maximum Gasteiger partial charge on any atom is 0.417 e. The van der Waals surface area contributed by atoms with Gasteiger partial charge in [0.25, 0.3) is 0 Å². The van der Waals surface area contributed by atoms with Crippen molar-refractivity contribution >= 4 is 23.1 Å². The molecule has 0 aliphatic heterocycles. The van der Waals surface area contributed by atoms with Crippen molar-refractivity contribution in [3.8, 4) is 34.9 Å². The first kappa shape index (κ1) is 38.9. The lowest BCUT2D eigenvalue weighted by atomic mass is 10.1. The molecule has 18 heteroatoms. The molecule has 0 amide bonds. The zero-order valence-corrected chi connectivity index (χ0v) is 28.5. The second kappa shape index (κ2) is 14.4. The highest BCUT2D eigenvalue weighted by Crippen LogP contribution is 2.50. The summed E-state index contributed by atoms with van der Waals surface area (Å²) in [6.07, 6.45) is -16.4. The monoisotopic (exact) mass is 795 g/mol. The standard InChI is InChI=1S/C37H21F11N3O3P/c1-20-12-13-22(36(43,44)45)19-29(20)55(52,28-17-14-21(35(40,41)42)18-26(28)37(46,47)48)31-27(38)16-15-25(30(31)39)32-49-33(53-23-8-4-2-5-9-23)51-34(50-32)54-24-10-6-3-7-11-24/h2-19H,1H3. The molecule has 0 saturated heterocycles. The van der Waals surface area contributed by atoms with E-state index in [2.05, 4.69) is 15.0 Å². The molecule has 1 atom stereocenters. The van der Waals surface area contributed by atoms with Crippen LogP contribution < -0.4 is 25.4 Å². The quantitative estimate of drug-likeness (QED) is 0.113. The van der Waals surface area contributed by atoms with E-state index in [0.717, 1.165) is 6.92 Å². The molecule has 0 fully saturated rings. The van der Waals surface area contributed by atoms with Crippen molar-refractivity contribution in [3.63, 3.8) is 0 Å². The van der Waals surface area contributed by atoms with Gasteiger partial charge in [0.15, 0.2) is 13.0 Å². The number of para-hydroxylation sites is 2. The van der Waals surface area contributed by atoms with Crippen LogP contribution in [0.15, 0.2) is 109 Å². The van der Waals surface area contributed by atoms with E-state index < -0.39 is 105 Å². The average Bonchev–Trinajstić information content (AvgIpc) is 3.11. The van der Waals surface area contributed by atoms with Crippen LogP contribution in [0.1, 0.15) is 22.3 Å². The van der Waals surface area contributed by atoms with Crippen molar-refractivity contribution < 1.29 is 62.3 Å². The molecule has 1 aromatic heterocycles. The zero-order valence-electron chi connectivity index (χ0n) is 27.6. The summed E-state index contributed by atoms with van der Waals surface area (Å²) in [7, 11) is -5.94. The van der Waals surface area contributed by atoms with Crippen LogP contribution in [0.5, 0.6) is 23.5 Å². The predicted octanol–water partition coefficient (Wildman–Crippen LogP) is 10.4. The number of nitrogens with zero attached hydrogens (tertiary/aromatic N) is 3. The highest BCUT2D eigenvalue weighted by molar-refractivity contribution is 7.85. The number of alkyl halides is 9. The molecular weight excluding hydrogens is 774 g/mol. The number of rotatable bonds is 8. The fourth-order valence-corrected chi connectivity index (χ4v) is 8.67. The van der Waals surface area contributed by atoms with Crippen molar-refractivity contribution in [3.05, 3.63) is 143 Å². The Kier molecular flexibility index (Phi) is 10.2. The molecule has 5 aromatic carbocycles. The highest BCUT2D eigenvalue weighted by Gasteiger charge is 2.47. The van der Waals surface area contributed by atoms with Gasteiger partial charge >= 0.3 is 30.5 Å². The lowest BCUT2D eigenvalue weighted by molar-refractivity contribution is -0.142. The van der Waals surface area contributed by atoms with Gasteiger partial charge in [-0.15, -0.1) is 4.98 Å². The van der Waals surface area contributed by atoms with Crippen LogP contribution in [0.3, 0.4) is 0 Å². The van der Waals surface area contributed by atoms with E-state index in [-0.39, 0.29) is 29.7 Å². The maximum absolute atomic E-state index is 17.1. The summed E-state index contributed by atoms with van der Waals surface area (Å²) in [6, 6.07) is 16.6. The number of hydrogen-bond acceptors (Lipinski definition) is 6. The van der Waals surface area contributed by atoms with Crippen molar-refractivity contribution in [1.82, 2.24) is 15.0 Å². The SMILES string of the molecule is Cc1ccc(C(F)(F)F)cc1P(=O)(c1ccc(C(F)(F)F)cc1C(F)(F)F)c1c(F)ccc(-c2nc(Oc3ccccc3)nc(Oc3ccccc3)n2)c1F. The van der Waals surface area contributed by atoms with Gasteiger partial charge in [0.2, 0.25) is 0 Å². The minimum Gasteiger partial charge on any atom is -0.424 e. The maximum atomic E-state index is 17.1. The summed E-state index contributed by atoms with van der Waals surface area (Å²) in [4.78, 5) is 12.1. The molecule has 0 N–H and O–H groups in total. The summed E-state index contributed by atoms with van der Waals surface area (Å²) in [5.74, 6) is -4.17. The molecule has 0 spiro atoms. The van der Waals surface area contributed by atoms with Crippen molar-refractivity contribution in [2.24, 2.45) is 0 Å². The topological polar surface area (TPSA) is 74.2 Å². The van der Waals surface area contributed by atoms with Crippen LogP contribution in [0.25, 0.3) is 11.4 Å². The highest BCUT2D eigenvalue weighted by atomic mass is 31.2. The molecule has 0 aliphatic carbocycles. The lowest BCUT2D eigenvalue weighted by Gasteiger charge is -2.27. The van der Waals surface area contributed by atoms with E-state index in [4.69, 9.17) is 9.47 Å². The van der Waals surface area contributed by atoms with Crippen LogP contribution in [-0.4, -0.2) is 15.0 Å². The fourth-order valence-electron chi connectivity index (χ4n) is 5.45. The first-order valence-electron chi connectivity index (χ1n) is 15.5. The normalized spacial score (nSPS) is 13.3. The number of aryl methyl sites for hydroxylation is 1.